The normalized spacial score (nSPS) is 15.6. The van der Waals surface area contributed by atoms with Gasteiger partial charge in [0.15, 0.2) is 11.6 Å². The smallest absolute Gasteiger partial charge is 0.193 e. The maximum Gasteiger partial charge on any atom is 0.193 e. The summed E-state index contributed by atoms with van der Waals surface area (Å²) in [6, 6.07) is 53.3. The monoisotopic (exact) mass is 631 g/mol. The molecule has 1 aromatic heterocycles. The quantitative estimate of drug-likeness (QED) is 0.171. The van der Waals surface area contributed by atoms with Gasteiger partial charge >= 0.3 is 0 Å². The first kappa shape index (κ1) is 29.1. The minimum atomic E-state index is -0.711. The van der Waals surface area contributed by atoms with Crippen molar-refractivity contribution in [2.45, 2.75) is 24.7 Å². The highest BCUT2D eigenvalue weighted by atomic mass is 16.1. The van der Waals surface area contributed by atoms with E-state index in [1.807, 2.05) is 60.7 Å². The van der Waals surface area contributed by atoms with Gasteiger partial charge in [-0.3, -0.25) is 9.59 Å². The number of para-hydroxylation sites is 1. The molecule has 0 fully saturated rings. The average molecular weight is 632 g/mol. The number of hydrogen-bond donors (Lipinski definition) is 0. The van der Waals surface area contributed by atoms with Crippen molar-refractivity contribution in [1.29, 1.82) is 0 Å². The summed E-state index contributed by atoms with van der Waals surface area (Å²) in [6.45, 7) is 2.22. The Hall–Kier alpha value is -6.06. The molecule has 7 aromatic rings. The Morgan fingerprint density at radius 3 is 1.73 bits per heavy atom. The molecular formula is C46H33NO2. The zero-order chi connectivity index (χ0) is 33.1. The van der Waals surface area contributed by atoms with Crippen molar-refractivity contribution < 1.29 is 9.59 Å². The summed E-state index contributed by atoms with van der Waals surface area (Å²) in [5, 5.41) is 0.988. The van der Waals surface area contributed by atoms with Crippen LogP contribution in [-0.4, -0.2) is 16.1 Å². The van der Waals surface area contributed by atoms with Gasteiger partial charge in [-0.05, 0) is 52.9 Å². The van der Waals surface area contributed by atoms with E-state index in [1.165, 1.54) is 5.69 Å². The van der Waals surface area contributed by atoms with Crippen LogP contribution >= 0.6 is 0 Å². The lowest BCUT2D eigenvalue weighted by molar-refractivity contribution is 0.102. The highest BCUT2D eigenvalue weighted by molar-refractivity contribution is 6.15. The van der Waals surface area contributed by atoms with E-state index in [4.69, 9.17) is 0 Å². The van der Waals surface area contributed by atoms with Gasteiger partial charge < -0.3 is 4.57 Å². The Bertz CT molecular complexity index is 2400. The molecule has 1 unspecified atom stereocenters. The Labute approximate surface area is 285 Å². The first-order chi connectivity index (χ1) is 24.1. The third-order valence-electron chi connectivity index (χ3n) is 10.4. The molecule has 0 amide bonds. The van der Waals surface area contributed by atoms with Crippen molar-refractivity contribution in [2.75, 3.05) is 0 Å². The van der Waals surface area contributed by atoms with Crippen LogP contribution in [0.15, 0.2) is 163 Å². The van der Waals surface area contributed by atoms with Crippen LogP contribution < -0.4 is 0 Å². The molecule has 2 heterocycles. The van der Waals surface area contributed by atoms with Gasteiger partial charge in [0.2, 0.25) is 0 Å². The molecule has 0 saturated carbocycles. The third-order valence-corrected chi connectivity index (χ3v) is 10.4. The predicted molar refractivity (Wildman–Crippen MR) is 197 cm³/mol. The Balaban J connectivity index is 1.45. The van der Waals surface area contributed by atoms with Crippen molar-refractivity contribution in [3.8, 4) is 5.69 Å². The maximum atomic E-state index is 14.4. The lowest BCUT2D eigenvalue weighted by Crippen LogP contribution is -2.36. The predicted octanol–water partition coefficient (Wildman–Crippen LogP) is 10.3. The Kier molecular flexibility index (Phi) is 6.70. The number of carbonyl (C=O) groups excluding carboxylic acids is 2. The molecule has 3 heteroatoms. The summed E-state index contributed by atoms with van der Waals surface area (Å²) in [7, 11) is 0. The molecule has 234 valence electrons. The van der Waals surface area contributed by atoms with E-state index >= 15 is 0 Å². The number of carbonyl (C=O) groups is 2. The van der Waals surface area contributed by atoms with Crippen molar-refractivity contribution in [1.82, 2.24) is 4.57 Å². The summed E-state index contributed by atoms with van der Waals surface area (Å²) in [5.41, 5.74) is 10.9. The summed E-state index contributed by atoms with van der Waals surface area (Å²) >= 11 is 0. The molecule has 2 aliphatic rings. The van der Waals surface area contributed by atoms with Gasteiger partial charge in [-0.15, -0.1) is 0 Å². The van der Waals surface area contributed by atoms with E-state index in [2.05, 4.69) is 115 Å². The number of fused-ring (bicyclic) bond motifs is 5. The molecule has 49 heavy (non-hydrogen) atoms. The van der Waals surface area contributed by atoms with Gasteiger partial charge in [0, 0.05) is 44.8 Å². The van der Waals surface area contributed by atoms with E-state index in [9.17, 15) is 9.59 Å². The minimum absolute atomic E-state index is 0.0254. The second-order valence-electron chi connectivity index (χ2n) is 13.2. The van der Waals surface area contributed by atoms with Crippen molar-refractivity contribution in [2.24, 2.45) is 0 Å². The largest absolute Gasteiger partial charge is 0.312 e. The lowest BCUT2D eigenvalue weighted by Gasteiger charge is -2.42. The van der Waals surface area contributed by atoms with E-state index in [-0.39, 0.29) is 17.5 Å². The Morgan fingerprint density at radius 2 is 1.12 bits per heavy atom. The molecule has 6 aromatic carbocycles. The fourth-order valence-corrected chi connectivity index (χ4v) is 8.41. The molecule has 3 nitrogen and oxygen atoms in total. The number of ketones is 2. The highest BCUT2D eigenvalue weighted by Crippen LogP contribution is 2.56. The summed E-state index contributed by atoms with van der Waals surface area (Å²) in [6.07, 6.45) is 2.73. The molecule has 1 aliphatic heterocycles. The van der Waals surface area contributed by atoms with Crippen molar-refractivity contribution in [3.63, 3.8) is 0 Å². The minimum Gasteiger partial charge on any atom is -0.312 e. The first-order valence-electron chi connectivity index (χ1n) is 16.9. The van der Waals surface area contributed by atoms with Crippen LogP contribution in [-0.2, 0) is 5.41 Å². The number of Topliss-reactive ketones (excluding diaryl/α,β-unsaturated/α-hetero) is 1. The van der Waals surface area contributed by atoms with Crippen LogP contribution in [0.1, 0.15) is 79.1 Å². The van der Waals surface area contributed by atoms with Crippen LogP contribution in [0.25, 0.3) is 22.7 Å². The molecule has 0 spiro atoms. The van der Waals surface area contributed by atoms with Crippen LogP contribution in [0.3, 0.4) is 0 Å². The molecule has 1 atom stereocenters. The summed E-state index contributed by atoms with van der Waals surface area (Å²) in [5.74, 6) is 0.0849. The van der Waals surface area contributed by atoms with Crippen LogP contribution in [0, 0.1) is 0 Å². The molecule has 0 radical (unpaired) electrons. The molecule has 0 bridgehead atoms. The molecule has 1 aliphatic carbocycles. The van der Waals surface area contributed by atoms with Gasteiger partial charge in [-0.1, -0.05) is 146 Å². The topological polar surface area (TPSA) is 39.1 Å². The SMILES string of the molecule is CC1CC(C(=O)c2ccccc2)=Cc2c1n1c3c(cc(C(=O)c4ccccc4)cc23)C(c2ccccc2)(c2ccccc2)c2ccccc2-1. The van der Waals surface area contributed by atoms with Gasteiger partial charge in [0.1, 0.15) is 0 Å². The van der Waals surface area contributed by atoms with E-state index in [0.717, 1.165) is 50.0 Å². The fraction of sp³-hybridized carbons (Fsp3) is 0.0870. The van der Waals surface area contributed by atoms with E-state index < -0.39 is 5.41 Å². The van der Waals surface area contributed by atoms with Crippen molar-refractivity contribution in [3.05, 3.63) is 214 Å². The number of benzene rings is 6. The average Bonchev–Trinajstić information content (AvgIpc) is 3.51. The molecule has 0 saturated heterocycles. The van der Waals surface area contributed by atoms with Gasteiger partial charge in [-0.2, -0.15) is 0 Å². The summed E-state index contributed by atoms with van der Waals surface area (Å²) in [4.78, 5) is 28.4. The van der Waals surface area contributed by atoms with Gasteiger partial charge in [0.25, 0.3) is 0 Å². The van der Waals surface area contributed by atoms with Crippen LogP contribution in [0.5, 0.6) is 0 Å². The zero-order valence-electron chi connectivity index (χ0n) is 27.1. The van der Waals surface area contributed by atoms with Gasteiger partial charge in [0.05, 0.1) is 16.6 Å². The van der Waals surface area contributed by atoms with Gasteiger partial charge in [-0.25, -0.2) is 0 Å². The standard InChI is InChI=1S/C46H33NO2/c1-30-26-33(44(48)31-16-6-2-7-17-31)27-37-38-28-34(45(49)32-18-8-3-9-19-32)29-40-43(38)47(42(30)37)41-25-15-14-24-39(41)46(40,35-20-10-4-11-21-35)36-22-12-5-13-23-36/h2-25,27-30H,26H2,1H3. The lowest BCUT2D eigenvalue weighted by atomic mass is 9.63. The number of nitrogens with zero attached hydrogens (tertiary/aromatic N) is 1. The number of aromatic nitrogens is 1. The number of hydrogen-bond acceptors (Lipinski definition) is 2. The first-order valence-corrected chi connectivity index (χ1v) is 16.9. The molecule has 9 rings (SSSR count). The van der Waals surface area contributed by atoms with Crippen LogP contribution in [0.4, 0.5) is 0 Å². The highest BCUT2D eigenvalue weighted by Gasteiger charge is 2.47. The second-order valence-corrected chi connectivity index (χ2v) is 13.2. The molecular weight excluding hydrogens is 599 g/mol. The Morgan fingerprint density at radius 1 is 0.592 bits per heavy atom. The maximum absolute atomic E-state index is 14.4. The number of allylic oxidation sites excluding steroid dienone is 1. The molecule has 0 N–H and O–H groups in total. The van der Waals surface area contributed by atoms with Crippen molar-refractivity contribution >= 4 is 28.5 Å². The zero-order valence-corrected chi connectivity index (χ0v) is 27.1. The van der Waals surface area contributed by atoms with E-state index in [0.29, 0.717) is 23.1 Å². The second kappa shape index (κ2) is 11.3. The number of rotatable bonds is 6. The summed E-state index contributed by atoms with van der Waals surface area (Å²) < 4.78 is 2.43. The van der Waals surface area contributed by atoms with Crippen LogP contribution in [0.2, 0.25) is 0 Å². The third kappa shape index (κ3) is 4.29. The van der Waals surface area contributed by atoms with E-state index in [1.54, 1.807) is 0 Å². The fourth-order valence-electron chi connectivity index (χ4n) is 8.41.